The Morgan fingerprint density at radius 2 is 1.28 bits per heavy atom. The Balaban J connectivity index is -0.00000242. The molecule has 0 radical (unpaired) electrons. The summed E-state index contributed by atoms with van der Waals surface area (Å²) in [4.78, 5) is 33.1. The molecular formula is C17H33Cl2NO5. The fourth-order valence-electron chi connectivity index (χ4n) is 2.39. The maximum atomic E-state index is 11.7. The lowest BCUT2D eigenvalue weighted by Crippen LogP contribution is -2.41. The lowest BCUT2D eigenvalue weighted by molar-refractivity contribution is -0.143. The van der Waals surface area contributed by atoms with Crippen molar-refractivity contribution in [3.63, 3.8) is 0 Å². The first kappa shape index (κ1) is 28.8. The van der Waals surface area contributed by atoms with Gasteiger partial charge in [-0.05, 0) is 12.8 Å². The Bertz CT molecular complexity index is 367. The van der Waals surface area contributed by atoms with Gasteiger partial charge in [-0.15, -0.1) is 24.8 Å². The van der Waals surface area contributed by atoms with E-state index in [1.807, 2.05) is 0 Å². The molecule has 0 aromatic carbocycles. The third-order valence-corrected chi connectivity index (χ3v) is 3.79. The SMILES string of the molecule is CCCCCCCCCCCC(=O)N[C@@H](CCC(=O)O)C(=O)O.Cl.Cl. The van der Waals surface area contributed by atoms with Crippen molar-refractivity contribution in [2.45, 2.75) is 90.0 Å². The molecule has 0 saturated heterocycles. The normalized spacial score (nSPS) is 10.9. The van der Waals surface area contributed by atoms with Gasteiger partial charge in [-0.3, -0.25) is 9.59 Å². The van der Waals surface area contributed by atoms with Crippen molar-refractivity contribution in [1.29, 1.82) is 0 Å². The highest BCUT2D eigenvalue weighted by Gasteiger charge is 2.20. The van der Waals surface area contributed by atoms with E-state index in [2.05, 4.69) is 12.2 Å². The van der Waals surface area contributed by atoms with Gasteiger partial charge in [-0.1, -0.05) is 58.3 Å². The minimum atomic E-state index is -1.19. The van der Waals surface area contributed by atoms with E-state index in [0.717, 1.165) is 19.3 Å². The first-order valence-corrected chi connectivity index (χ1v) is 8.71. The molecule has 0 heterocycles. The highest BCUT2D eigenvalue weighted by Crippen LogP contribution is 2.10. The molecule has 1 atom stereocenters. The molecule has 0 bridgehead atoms. The van der Waals surface area contributed by atoms with Crippen molar-refractivity contribution < 1.29 is 24.6 Å². The van der Waals surface area contributed by atoms with Gasteiger partial charge in [0.05, 0.1) is 0 Å². The second-order valence-electron chi connectivity index (χ2n) is 5.97. The van der Waals surface area contributed by atoms with E-state index in [4.69, 9.17) is 10.2 Å². The summed E-state index contributed by atoms with van der Waals surface area (Å²) in [7, 11) is 0. The molecule has 3 N–H and O–H groups in total. The summed E-state index contributed by atoms with van der Waals surface area (Å²) < 4.78 is 0. The van der Waals surface area contributed by atoms with E-state index < -0.39 is 18.0 Å². The van der Waals surface area contributed by atoms with E-state index in [9.17, 15) is 14.4 Å². The van der Waals surface area contributed by atoms with Gasteiger partial charge in [-0.2, -0.15) is 0 Å². The first-order chi connectivity index (χ1) is 11.0. The molecule has 0 aliphatic rings. The van der Waals surface area contributed by atoms with E-state index in [1.165, 1.54) is 38.5 Å². The molecule has 0 aliphatic heterocycles. The number of carboxylic acid groups (broad SMARTS) is 2. The van der Waals surface area contributed by atoms with Crippen LogP contribution < -0.4 is 5.32 Å². The second-order valence-corrected chi connectivity index (χ2v) is 5.97. The smallest absolute Gasteiger partial charge is 0.326 e. The number of rotatable bonds is 15. The van der Waals surface area contributed by atoms with Crippen LogP contribution in [0.5, 0.6) is 0 Å². The molecule has 150 valence electrons. The molecule has 0 saturated carbocycles. The van der Waals surface area contributed by atoms with Crippen LogP contribution in [0.4, 0.5) is 0 Å². The van der Waals surface area contributed by atoms with Crippen LogP contribution in [0.2, 0.25) is 0 Å². The molecule has 0 rings (SSSR count). The van der Waals surface area contributed by atoms with E-state index >= 15 is 0 Å². The van der Waals surface area contributed by atoms with Gasteiger partial charge >= 0.3 is 11.9 Å². The Morgan fingerprint density at radius 3 is 1.72 bits per heavy atom. The van der Waals surface area contributed by atoms with Crippen LogP contribution in [0, 0.1) is 0 Å². The number of halogens is 2. The Kier molecular flexibility index (Phi) is 22.2. The van der Waals surface area contributed by atoms with Gasteiger partial charge in [0.2, 0.25) is 5.91 Å². The number of amides is 1. The van der Waals surface area contributed by atoms with Crippen LogP contribution in [0.3, 0.4) is 0 Å². The lowest BCUT2D eigenvalue weighted by atomic mass is 10.1. The number of carbonyl (C=O) groups excluding carboxylic acids is 1. The minimum Gasteiger partial charge on any atom is -0.481 e. The number of carboxylic acids is 2. The van der Waals surface area contributed by atoms with Crippen LogP contribution in [0.1, 0.15) is 84.0 Å². The second kappa shape index (κ2) is 19.3. The molecule has 0 aromatic heterocycles. The van der Waals surface area contributed by atoms with Crippen LogP contribution >= 0.6 is 24.8 Å². The summed E-state index contributed by atoms with van der Waals surface area (Å²) >= 11 is 0. The van der Waals surface area contributed by atoms with Crippen molar-refractivity contribution in [3.05, 3.63) is 0 Å². The molecule has 8 heteroatoms. The number of nitrogens with one attached hydrogen (secondary N) is 1. The van der Waals surface area contributed by atoms with Crippen molar-refractivity contribution in [2.24, 2.45) is 0 Å². The predicted molar refractivity (Wildman–Crippen MR) is 103 cm³/mol. The zero-order chi connectivity index (χ0) is 17.5. The number of hydrogen-bond acceptors (Lipinski definition) is 3. The van der Waals surface area contributed by atoms with E-state index in [1.54, 1.807) is 0 Å². The summed E-state index contributed by atoms with van der Waals surface area (Å²) in [6.07, 6.45) is 10.3. The molecule has 0 unspecified atom stereocenters. The molecule has 0 spiro atoms. The van der Waals surface area contributed by atoms with Crippen molar-refractivity contribution in [1.82, 2.24) is 5.32 Å². The van der Waals surface area contributed by atoms with Gasteiger partial charge in [0.25, 0.3) is 0 Å². The third kappa shape index (κ3) is 19.2. The Labute approximate surface area is 163 Å². The van der Waals surface area contributed by atoms with Crippen molar-refractivity contribution in [3.8, 4) is 0 Å². The molecule has 1 amide bonds. The number of aliphatic carboxylic acids is 2. The largest absolute Gasteiger partial charge is 0.481 e. The van der Waals surface area contributed by atoms with E-state index in [-0.39, 0.29) is 43.6 Å². The minimum absolute atomic E-state index is 0. The fourth-order valence-corrected chi connectivity index (χ4v) is 2.39. The average molecular weight is 402 g/mol. The Hall–Kier alpha value is -1.01. The number of unbranched alkanes of at least 4 members (excludes halogenated alkanes) is 8. The van der Waals surface area contributed by atoms with Crippen LogP contribution in [0.25, 0.3) is 0 Å². The first-order valence-electron chi connectivity index (χ1n) is 8.71. The number of hydrogen-bond donors (Lipinski definition) is 3. The monoisotopic (exact) mass is 401 g/mol. The van der Waals surface area contributed by atoms with Crippen molar-refractivity contribution in [2.75, 3.05) is 0 Å². The van der Waals surface area contributed by atoms with Gasteiger partial charge < -0.3 is 15.5 Å². The standard InChI is InChI=1S/C17H31NO5.2ClH/c1-2-3-4-5-6-7-8-9-10-11-15(19)18-14(17(22)23)12-13-16(20)21;;/h14H,2-13H2,1H3,(H,18,19)(H,20,21)(H,22,23);2*1H/t14-;;/m0../s1. The lowest BCUT2D eigenvalue weighted by Gasteiger charge is -2.13. The maximum absolute atomic E-state index is 11.7. The molecule has 0 aromatic rings. The highest BCUT2D eigenvalue weighted by molar-refractivity contribution is 5.85. The van der Waals surface area contributed by atoms with Crippen LogP contribution in [0.15, 0.2) is 0 Å². The van der Waals surface area contributed by atoms with Gasteiger partial charge in [0.15, 0.2) is 0 Å². The zero-order valence-corrected chi connectivity index (χ0v) is 16.6. The van der Waals surface area contributed by atoms with Crippen molar-refractivity contribution >= 4 is 42.7 Å². The summed E-state index contributed by atoms with van der Waals surface area (Å²) in [5, 5.41) is 19.9. The summed E-state index contributed by atoms with van der Waals surface area (Å²) in [5.41, 5.74) is 0. The maximum Gasteiger partial charge on any atom is 0.326 e. The van der Waals surface area contributed by atoms with Gasteiger partial charge in [0, 0.05) is 12.8 Å². The molecule has 25 heavy (non-hydrogen) atoms. The molecule has 0 fully saturated rings. The summed E-state index contributed by atoms with van der Waals surface area (Å²) in [5.74, 6) is -2.57. The summed E-state index contributed by atoms with van der Waals surface area (Å²) in [6.45, 7) is 2.20. The molecule has 0 aliphatic carbocycles. The van der Waals surface area contributed by atoms with Crippen LogP contribution in [-0.2, 0) is 14.4 Å². The third-order valence-electron chi connectivity index (χ3n) is 3.79. The van der Waals surface area contributed by atoms with Crippen LogP contribution in [-0.4, -0.2) is 34.1 Å². The highest BCUT2D eigenvalue weighted by atomic mass is 35.5. The van der Waals surface area contributed by atoms with Gasteiger partial charge in [-0.25, -0.2) is 4.79 Å². The predicted octanol–water partition coefficient (Wildman–Crippen LogP) is 4.19. The zero-order valence-electron chi connectivity index (χ0n) is 15.0. The van der Waals surface area contributed by atoms with Gasteiger partial charge in [0.1, 0.15) is 6.04 Å². The number of carbonyl (C=O) groups is 3. The summed E-state index contributed by atoms with van der Waals surface area (Å²) in [6, 6.07) is -1.11. The quantitative estimate of drug-likeness (QED) is 0.357. The molecular weight excluding hydrogens is 369 g/mol. The topological polar surface area (TPSA) is 104 Å². The van der Waals surface area contributed by atoms with E-state index in [0.29, 0.717) is 6.42 Å². The average Bonchev–Trinajstić information content (AvgIpc) is 2.49. The fraction of sp³-hybridized carbons (Fsp3) is 0.824. The Morgan fingerprint density at radius 1 is 0.800 bits per heavy atom. The molecule has 6 nitrogen and oxygen atoms in total.